The Bertz CT molecular complexity index is 923. The molecular formula is C17H16N2O3S2. The van der Waals surface area contributed by atoms with Gasteiger partial charge in [-0.15, -0.1) is 11.3 Å². The lowest BCUT2D eigenvalue weighted by Gasteiger charge is -2.10. The average molecular weight is 360 g/mol. The Kier molecular flexibility index (Phi) is 4.94. The van der Waals surface area contributed by atoms with Crippen LogP contribution in [-0.4, -0.2) is 20.5 Å². The molecule has 0 saturated heterocycles. The highest BCUT2D eigenvalue weighted by Gasteiger charge is 2.18. The van der Waals surface area contributed by atoms with E-state index >= 15 is 0 Å². The first-order valence-corrected chi connectivity index (χ1v) is 9.58. The topological polar surface area (TPSA) is 68.3 Å². The highest BCUT2D eigenvalue weighted by molar-refractivity contribution is 7.89. The Morgan fingerprint density at radius 1 is 1.17 bits per heavy atom. The minimum Gasteiger partial charge on any atom is -0.495 e. The summed E-state index contributed by atoms with van der Waals surface area (Å²) < 4.78 is 32.7. The molecule has 3 aromatic rings. The zero-order chi connectivity index (χ0) is 17.0. The smallest absolute Gasteiger partial charge is 0.244 e. The Hall–Kier alpha value is -2.22. The fourth-order valence-electron chi connectivity index (χ4n) is 2.24. The third-order valence-corrected chi connectivity index (χ3v) is 5.76. The van der Waals surface area contributed by atoms with Gasteiger partial charge in [0.05, 0.1) is 17.7 Å². The fourth-order valence-corrected chi connectivity index (χ4v) is 4.12. The first-order valence-electron chi connectivity index (χ1n) is 7.21. The second kappa shape index (κ2) is 7.12. The van der Waals surface area contributed by atoms with Gasteiger partial charge in [-0.05, 0) is 41.3 Å². The van der Waals surface area contributed by atoms with E-state index in [1.807, 2.05) is 23.6 Å². The third kappa shape index (κ3) is 3.64. The molecule has 0 aliphatic rings. The van der Waals surface area contributed by atoms with Crippen molar-refractivity contribution in [3.8, 4) is 16.3 Å². The molecular weight excluding hydrogens is 344 g/mol. The van der Waals surface area contributed by atoms with E-state index < -0.39 is 10.0 Å². The highest BCUT2D eigenvalue weighted by atomic mass is 32.2. The summed E-state index contributed by atoms with van der Waals surface area (Å²) in [5.41, 5.74) is 1.67. The van der Waals surface area contributed by atoms with Crippen LogP contribution in [0.1, 0.15) is 5.56 Å². The standard InChI is InChI=1S/C17H16N2O3S2/c1-22-15-5-2-3-7-17(15)24(20,21)19-12-13-8-9-18-14(11-13)16-6-4-10-23-16/h2-11,19H,12H2,1H3. The third-order valence-electron chi connectivity index (χ3n) is 3.42. The molecule has 7 heteroatoms. The second-order valence-corrected chi connectivity index (χ2v) is 7.69. The van der Waals surface area contributed by atoms with E-state index in [4.69, 9.17) is 4.74 Å². The number of nitrogens with one attached hydrogen (secondary N) is 1. The van der Waals surface area contributed by atoms with Gasteiger partial charge in [-0.2, -0.15) is 0 Å². The Morgan fingerprint density at radius 3 is 2.75 bits per heavy atom. The van der Waals surface area contributed by atoms with Crippen LogP contribution in [-0.2, 0) is 16.6 Å². The SMILES string of the molecule is COc1ccccc1S(=O)(=O)NCc1ccnc(-c2cccs2)c1. The Morgan fingerprint density at radius 2 is 2.00 bits per heavy atom. The van der Waals surface area contributed by atoms with Crippen molar-refractivity contribution in [1.82, 2.24) is 9.71 Å². The van der Waals surface area contributed by atoms with Crippen LogP contribution >= 0.6 is 11.3 Å². The predicted molar refractivity (Wildman–Crippen MR) is 94.6 cm³/mol. The molecule has 0 aliphatic heterocycles. The number of benzene rings is 1. The van der Waals surface area contributed by atoms with Gasteiger partial charge in [0, 0.05) is 12.7 Å². The van der Waals surface area contributed by atoms with Gasteiger partial charge >= 0.3 is 0 Å². The Labute approximate surface area is 145 Å². The number of pyridine rings is 1. The lowest BCUT2D eigenvalue weighted by molar-refractivity contribution is 0.402. The summed E-state index contributed by atoms with van der Waals surface area (Å²) in [6.07, 6.45) is 1.68. The van der Waals surface area contributed by atoms with Crippen LogP contribution in [0.25, 0.3) is 10.6 Å². The quantitative estimate of drug-likeness (QED) is 0.732. The predicted octanol–water partition coefficient (Wildman–Crippen LogP) is 3.30. The molecule has 0 radical (unpaired) electrons. The molecule has 0 spiro atoms. The molecule has 1 N–H and O–H groups in total. The molecule has 0 fully saturated rings. The summed E-state index contributed by atoms with van der Waals surface area (Å²) in [6, 6.07) is 14.2. The van der Waals surface area contributed by atoms with Crippen LogP contribution in [0.3, 0.4) is 0 Å². The molecule has 0 amide bonds. The molecule has 2 heterocycles. The van der Waals surface area contributed by atoms with Gasteiger partial charge in [0.2, 0.25) is 10.0 Å². The number of thiophene rings is 1. The molecule has 3 rings (SSSR count). The van der Waals surface area contributed by atoms with Crippen molar-refractivity contribution in [1.29, 1.82) is 0 Å². The number of hydrogen-bond donors (Lipinski definition) is 1. The minimum absolute atomic E-state index is 0.125. The van der Waals surface area contributed by atoms with E-state index in [9.17, 15) is 8.42 Å². The van der Waals surface area contributed by atoms with E-state index in [0.717, 1.165) is 16.1 Å². The van der Waals surface area contributed by atoms with E-state index in [1.165, 1.54) is 13.2 Å². The molecule has 0 atom stereocenters. The molecule has 0 saturated carbocycles. The summed E-state index contributed by atoms with van der Waals surface area (Å²) in [6.45, 7) is 0.182. The van der Waals surface area contributed by atoms with Crippen molar-refractivity contribution < 1.29 is 13.2 Å². The van der Waals surface area contributed by atoms with Gasteiger partial charge in [0.25, 0.3) is 0 Å². The maximum atomic E-state index is 12.5. The van der Waals surface area contributed by atoms with Crippen molar-refractivity contribution in [3.05, 3.63) is 65.7 Å². The summed E-state index contributed by atoms with van der Waals surface area (Å²) >= 11 is 1.59. The number of nitrogens with zero attached hydrogens (tertiary/aromatic N) is 1. The van der Waals surface area contributed by atoms with Crippen molar-refractivity contribution in [3.63, 3.8) is 0 Å². The molecule has 1 aromatic carbocycles. The molecule has 0 aliphatic carbocycles. The number of ether oxygens (including phenoxy) is 1. The minimum atomic E-state index is -3.66. The van der Waals surface area contributed by atoms with Gasteiger partial charge in [0.1, 0.15) is 10.6 Å². The van der Waals surface area contributed by atoms with Crippen molar-refractivity contribution in [2.24, 2.45) is 0 Å². The zero-order valence-electron chi connectivity index (χ0n) is 13.0. The molecule has 24 heavy (non-hydrogen) atoms. The maximum absolute atomic E-state index is 12.5. The summed E-state index contributed by atoms with van der Waals surface area (Å²) in [5, 5.41) is 1.98. The average Bonchev–Trinajstić information content (AvgIpc) is 3.15. The van der Waals surface area contributed by atoms with E-state index in [2.05, 4.69) is 9.71 Å². The molecule has 124 valence electrons. The number of sulfonamides is 1. The van der Waals surface area contributed by atoms with Gasteiger partial charge in [-0.3, -0.25) is 4.98 Å². The van der Waals surface area contributed by atoms with Gasteiger partial charge < -0.3 is 4.74 Å². The van der Waals surface area contributed by atoms with E-state index in [0.29, 0.717) is 5.75 Å². The fraction of sp³-hybridized carbons (Fsp3) is 0.118. The monoisotopic (exact) mass is 360 g/mol. The maximum Gasteiger partial charge on any atom is 0.244 e. The summed E-state index contributed by atoms with van der Waals surface area (Å²) in [5.74, 6) is 0.319. The zero-order valence-corrected chi connectivity index (χ0v) is 14.6. The number of aromatic nitrogens is 1. The van der Waals surface area contributed by atoms with Gasteiger partial charge in [-0.1, -0.05) is 18.2 Å². The van der Waals surface area contributed by atoms with E-state index in [1.54, 1.807) is 41.8 Å². The van der Waals surface area contributed by atoms with Crippen LogP contribution in [0.4, 0.5) is 0 Å². The number of methoxy groups -OCH3 is 1. The summed E-state index contributed by atoms with van der Waals surface area (Å²) in [7, 11) is -2.21. The van der Waals surface area contributed by atoms with Crippen LogP contribution in [0.15, 0.2) is 65.0 Å². The van der Waals surface area contributed by atoms with Gasteiger partial charge in [-0.25, -0.2) is 13.1 Å². The Balaban J connectivity index is 1.79. The first-order chi connectivity index (χ1) is 11.6. The lowest BCUT2D eigenvalue weighted by Crippen LogP contribution is -2.23. The van der Waals surface area contributed by atoms with Crippen LogP contribution in [0.2, 0.25) is 0 Å². The number of para-hydroxylation sites is 1. The molecule has 2 aromatic heterocycles. The van der Waals surface area contributed by atoms with E-state index in [-0.39, 0.29) is 11.4 Å². The lowest BCUT2D eigenvalue weighted by atomic mass is 10.2. The van der Waals surface area contributed by atoms with Crippen molar-refractivity contribution >= 4 is 21.4 Å². The normalized spacial score (nSPS) is 11.4. The van der Waals surface area contributed by atoms with Crippen LogP contribution < -0.4 is 9.46 Å². The van der Waals surface area contributed by atoms with Crippen LogP contribution in [0, 0.1) is 0 Å². The largest absolute Gasteiger partial charge is 0.495 e. The number of rotatable bonds is 6. The molecule has 0 bridgehead atoms. The number of hydrogen-bond acceptors (Lipinski definition) is 5. The first kappa shape index (κ1) is 16.6. The van der Waals surface area contributed by atoms with Gasteiger partial charge in [0.15, 0.2) is 0 Å². The second-order valence-electron chi connectivity index (χ2n) is 5.00. The molecule has 5 nitrogen and oxygen atoms in total. The molecule has 0 unspecified atom stereocenters. The summed E-state index contributed by atoms with van der Waals surface area (Å²) in [4.78, 5) is 5.50. The van der Waals surface area contributed by atoms with Crippen molar-refractivity contribution in [2.45, 2.75) is 11.4 Å². The van der Waals surface area contributed by atoms with Crippen LogP contribution in [0.5, 0.6) is 5.75 Å². The highest BCUT2D eigenvalue weighted by Crippen LogP contribution is 2.24. The van der Waals surface area contributed by atoms with Crippen molar-refractivity contribution in [2.75, 3.05) is 7.11 Å².